The van der Waals surface area contributed by atoms with Gasteiger partial charge in [-0.05, 0) is 64.3 Å². The largest absolute Gasteiger partial charge is 0.396 e. The molecule has 2 heterocycles. The predicted molar refractivity (Wildman–Crippen MR) is 137 cm³/mol. The van der Waals surface area contributed by atoms with Crippen molar-refractivity contribution in [3.8, 4) is 0 Å². The maximum absolute atomic E-state index is 12.6. The van der Waals surface area contributed by atoms with Crippen LogP contribution in [0.2, 0.25) is 0 Å². The lowest BCUT2D eigenvalue weighted by molar-refractivity contribution is -0.114. The van der Waals surface area contributed by atoms with E-state index in [4.69, 9.17) is 0 Å². The average Bonchev–Trinajstić information content (AvgIpc) is 3.18. The van der Waals surface area contributed by atoms with Crippen LogP contribution in [0.4, 0.5) is 11.4 Å². The Hall–Kier alpha value is -2.84. The Morgan fingerprint density at radius 1 is 1.21 bits per heavy atom. The van der Waals surface area contributed by atoms with Gasteiger partial charge in [0.2, 0.25) is 0 Å². The lowest BCUT2D eigenvalue weighted by Gasteiger charge is -2.20. The average molecular weight is 467 g/mol. The molecule has 1 aliphatic rings. The lowest BCUT2D eigenvalue weighted by atomic mass is 9.99. The van der Waals surface area contributed by atoms with Crippen LogP contribution in [0.25, 0.3) is 0 Å². The van der Waals surface area contributed by atoms with Gasteiger partial charge in [0.1, 0.15) is 17.7 Å². The number of aliphatic hydroxyl groups is 1. The van der Waals surface area contributed by atoms with Crippen LogP contribution in [-0.4, -0.2) is 59.5 Å². The molecule has 1 unspecified atom stereocenters. The van der Waals surface area contributed by atoms with Gasteiger partial charge in [-0.25, -0.2) is 15.0 Å². The Balaban J connectivity index is 1.67. The normalized spacial score (nSPS) is 15.5. The number of hydrogen-bond donors (Lipinski definition) is 3. The minimum atomic E-state index is -0.162. The summed E-state index contributed by atoms with van der Waals surface area (Å²) in [6.07, 6.45) is 5.37. The molecule has 1 atom stereocenters. The van der Waals surface area contributed by atoms with Gasteiger partial charge in [-0.15, -0.1) is 0 Å². The summed E-state index contributed by atoms with van der Waals surface area (Å²) in [5.74, 6) is 0.131. The number of anilines is 1. The van der Waals surface area contributed by atoms with Gasteiger partial charge in [0.05, 0.1) is 17.9 Å². The number of carbonyl (C=O) groups excluding carboxylic acids is 1. The van der Waals surface area contributed by atoms with E-state index < -0.39 is 0 Å². The fourth-order valence-corrected chi connectivity index (χ4v) is 4.32. The Bertz CT molecular complexity index is 978. The summed E-state index contributed by atoms with van der Waals surface area (Å²) in [6, 6.07) is 8.32. The first-order chi connectivity index (χ1) is 16.5. The number of aliphatic hydroxyl groups excluding tert-OH is 1. The summed E-state index contributed by atoms with van der Waals surface area (Å²) in [5, 5.41) is 15.8. The van der Waals surface area contributed by atoms with Gasteiger partial charge in [0.15, 0.2) is 0 Å². The van der Waals surface area contributed by atoms with Crippen LogP contribution in [0.15, 0.2) is 35.6 Å². The third kappa shape index (κ3) is 6.84. The predicted octanol–water partition coefficient (Wildman–Crippen LogP) is 3.26. The van der Waals surface area contributed by atoms with Crippen molar-refractivity contribution < 1.29 is 9.90 Å². The van der Waals surface area contributed by atoms with E-state index in [-0.39, 0.29) is 12.5 Å². The molecule has 1 aliphatic heterocycles. The molecule has 0 saturated heterocycles. The molecule has 0 aliphatic carbocycles. The van der Waals surface area contributed by atoms with Crippen molar-refractivity contribution in [2.24, 2.45) is 4.99 Å². The third-order valence-corrected chi connectivity index (χ3v) is 6.16. The number of aliphatic imine (C=N–C) groups is 1. The van der Waals surface area contributed by atoms with Crippen LogP contribution in [0.3, 0.4) is 0 Å². The van der Waals surface area contributed by atoms with E-state index in [1.165, 1.54) is 5.56 Å². The molecule has 34 heavy (non-hydrogen) atoms. The maximum atomic E-state index is 12.6. The van der Waals surface area contributed by atoms with Crippen LogP contribution in [0, 0.1) is 6.92 Å². The van der Waals surface area contributed by atoms with Gasteiger partial charge in [0.25, 0.3) is 5.91 Å². The second-order valence-corrected chi connectivity index (χ2v) is 8.81. The zero-order chi connectivity index (χ0) is 24.3. The first kappa shape index (κ1) is 25.8. The molecule has 3 N–H and O–H groups in total. The van der Waals surface area contributed by atoms with E-state index in [0.29, 0.717) is 30.4 Å². The molecular weight excluding hydrogens is 428 g/mol. The Kier molecular flexibility index (Phi) is 9.97. The van der Waals surface area contributed by atoms with Crippen molar-refractivity contribution in [1.29, 1.82) is 0 Å². The molecule has 8 heteroatoms. The number of fused-ring (bicyclic) bond motifs is 1. The number of rotatable bonds is 13. The fraction of sp³-hybridized carbons (Fsp3) is 0.538. The SMILES string of the molecule is CCCNCCCCNC(=O)/C(C)=N/c1c(C)ncnc1CN1CC(CCO)c2ccccc21. The number of aryl methyl sites for hydroxylation is 1. The summed E-state index contributed by atoms with van der Waals surface area (Å²) >= 11 is 0. The molecule has 2 aromatic rings. The van der Waals surface area contributed by atoms with Crippen LogP contribution in [0.1, 0.15) is 62.4 Å². The zero-order valence-electron chi connectivity index (χ0n) is 20.7. The minimum absolute atomic E-state index is 0.162. The van der Waals surface area contributed by atoms with E-state index in [9.17, 15) is 9.90 Å². The van der Waals surface area contributed by atoms with Gasteiger partial charge < -0.3 is 20.6 Å². The Labute approximate surface area is 202 Å². The Morgan fingerprint density at radius 3 is 2.79 bits per heavy atom. The number of benzene rings is 1. The molecule has 0 saturated carbocycles. The molecule has 8 nitrogen and oxygen atoms in total. The number of nitrogens with zero attached hydrogens (tertiary/aromatic N) is 4. The van der Waals surface area contributed by atoms with Crippen LogP contribution < -0.4 is 15.5 Å². The van der Waals surface area contributed by atoms with Gasteiger partial charge in [0, 0.05) is 31.3 Å². The van der Waals surface area contributed by atoms with E-state index in [2.05, 4.69) is 49.6 Å². The van der Waals surface area contributed by atoms with E-state index in [1.54, 1.807) is 13.3 Å². The molecular formula is C26H38N6O2. The highest BCUT2D eigenvalue weighted by Gasteiger charge is 2.28. The number of carbonyl (C=O) groups is 1. The van der Waals surface area contributed by atoms with Gasteiger partial charge in [-0.2, -0.15) is 0 Å². The van der Waals surface area contributed by atoms with Crippen LogP contribution >= 0.6 is 0 Å². The summed E-state index contributed by atoms with van der Waals surface area (Å²) in [7, 11) is 0. The number of unbranched alkanes of at least 4 members (excludes halogenated alkanes) is 1. The van der Waals surface area contributed by atoms with Crippen molar-refractivity contribution in [2.45, 2.75) is 58.9 Å². The summed E-state index contributed by atoms with van der Waals surface area (Å²) in [6.45, 7) is 9.97. The van der Waals surface area contributed by atoms with Crippen LogP contribution in [-0.2, 0) is 11.3 Å². The topological polar surface area (TPSA) is 103 Å². The minimum Gasteiger partial charge on any atom is -0.396 e. The van der Waals surface area contributed by atoms with Crippen molar-refractivity contribution in [2.75, 3.05) is 37.7 Å². The molecule has 1 aromatic heterocycles. The van der Waals surface area contributed by atoms with Crippen molar-refractivity contribution in [3.05, 3.63) is 47.5 Å². The number of hydrogen-bond acceptors (Lipinski definition) is 7. The van der Waals surface area contributed by atoms with Gasteiger partial charge >= 0.3 is 0 Å². The van der Waals surface area contributed by atoms with Crippen LogP contribution in [0.5, 0.6) is 0 Å². The summed E-state index contributed by atoms with van der Waals surface area (Å²) < 4.78 is 0. The number of aromatic nitrogens is 2. The highest BCUT2D eigenvalue weighted by atomic mass is 16.3. The summed E-state index contributed by atoms with van der Waals surface area (Å²) in [5.41, 5.74) is 5.02. The standard InChI is InChI=1S/C26H38N6O2/c1-4-12-27-13-7-8-14-28-26(34)20(3)31-25-19(2)29-18-30-23(25)17-32-16-21(11-15-33)22-9-5-6-10-24(22)32/h5-6,9-10,18,21,27,33H,4,7-8,11-17H2,1-3H3,(H,28,34)/b31-20+. The van der Waals surface area contributed by atoms with Gasteiger partial charge in [-0.1, -0.05) is 25.1 Å². The Morgan fingerprint density at radius 2 is 2.00 bits per heavy atom. The lowest BCUT2D eigenvalue weighted by Crippen LogP contribution is -2.30. The van der Waals surface area contributed by atoms with Gasteiger partial charge in [-0.3, -0.25) is 4.79 Å². The first-order valence-electron chi connectivity index (χ1n) is 12.3. The number of nitrogens with one attached hydrogen (secondary N) is 2. The molecule has 3 rings (SSSR count). The van der Waals surface area contributed by atoms with Crippen molar-refractivity contribution in [1.82, 2.24) is 20.6 Å². The fourth-order valence-electron chi connectivity index (χ4n) is 4.32. The third-order valence-electron chi connectivity index (χ3n) is 6.16. The van der Waals surface area contributed by atoms with Crippen molar-refractivity contribution in [3.63, 3.8) is 0 Å². The monoisotopic (exact) mass is 466 g/mol. The highest BCUT2D eigenvalue weighted by Crippen LogP contribution is 2.39. The smallest absolute Gasteiger partial charge is 0.265 e. The van der Waals surface area contributed by atoms with E-state index in [0.717, 1.165) is 62.4 Å². The highest BCUT2D eigenvalue weighted by molar-refractivity contribution is 6.38. The summed E-state index contributed by atoms with van der Waals surface area (Å²) in [4.78, 5) is 28.4. The zero-order valence-corrected chi connectivity index (χ0v) is 20.7. The second kappa shape index (κ2) is 13.2. The first-order valence-corrected chi connectivity index (χ1v) is 12.3. The second-order valence-electron chi connectivity index (χ2n) is 8.81. The van der Waals surface area contributed by atoms with Crippen molar-refractivity contribution >= 4 is 23.0 Å². The molecule has 0 radical (unpaired) electrons. The maximum Gasteiger partial charge on any atom is 0.265 e. The molecule has 0 bridgehead atoms. The molecule has 1 amide bonds. The van der Waals surface area contributed by atoms with E-state index >= 15 is 0 Å². The number of para-hydroxylation sites is 1. The molecule has 1 aromatic carbocycles. The molecule has 184 valence electrons. The quantitative estimate of drug-likeness (QED) is 0.309. The number of amides is 1. The molecule has 0 spiro atoms. The molecule has 0 fully saturated rings. The van der Waals surface area contributed by atoms with E-state index in [1.807, 2.05) is 19.1 Å².